The third-order valence-corrected chi connectivity index (χ3v) is 3.62. The summed E-state index contributed by atoms with van der Waals surface area (Å²) in [6, 6.07) is 0. The summed E-state index contributed by atoms with van der Waals surface area (Å²) in [6.45, 7) is -2.45. The van der Waals surface area contributed by atoms with Crippen LogP contribution in [0.2, 0.25) is 0 Å². The third-order valence-electron chi connectivity index (χ3n) is 3.62. The van der Waals surface area contributed by atoms with Crippen LogP contribution in [0.4, 0.5) is 0 Å². The first kappa shape index (κ1) is 20.6. The van der Waals surface area contributed by atoms with E-state index in [1.165, 1.54) is 0 Å². The lowest BCUT2D eigenvalue weighted by atomic mass is 9.98. The van der Waals surface area contributed by atoms with Crippen LogP contribution in [0.15, 0.2) is 0 Å². The Kier molecular flexibility index (Phi) is 8.20. The van der Waals surface area contributed by atoms with Crippen molar-refractivity contribution in [3.05, 3.63) is 0 Å². The molecule has 1 aliphatic heterocycles. The molecule has 1 aliphatic rings. The topological polar surface area (TPSA) is 201 Å². The van der Waals surface area contributed by atoms with E-state index in [4.69, 9.17) is 24.8 Å². The molecule has 11 heteroatoms. The normalized spacial score (nSPS) is 37.2. The Morgan fingerprint density at radius 2 is 1.39 bits per heavy atom. The van der Waals surface area contributed by atoms with Crippen LogP contribution >= 0.6 is 0 Å². The van der Waals surface area contributed by atoms with Crippen molar-refractivity contribution in [3.63, 3.8) is 0 Å². The molecule has 9 N–H and O–H groups in total. The highest BCUT2D eigenvalue weighted by Crippen LogP contribution is 2.24. The number of aliphatic hydroxyl groups excluding tert-OH is 9. The van der Waals surface area contributed by atoms with E-state index < -0.39 is 74.9 Å². The minimum Gasteiger partial charge on any atom is -0.394 e. The van der Waals surface area contributed by atoms with Gasteiger partial charge in [-0.2, -0.15) is 0 Å². The van der Waals surface area contributed by atoms with Gasteiger partial charge in [0.2, 0.25) is 0 Å². The van der Waals surface area contributed by atoms with Gasteiger partial charge in [-0.15, -0.1) is 0 Å². The molecule has 1 fully saturated rings. The minimum atomic E-state index is -1.85. The lowest BCUT2D eigenvalue weighted by Gasteiger charge is -2.42. The van der Waals surface area contributed by atoms with Crippen LogP contribution in [-0.4, -0.2) is 121 Å². The average molecular weight is 344 g/mol. The van der Waals surface area contributed by atoms with Gasteiger partial charge in [0.25, 0.3) is 0 Å². The number of hydrogen-bond acceptors (Lipinski definition) is 11. The summed E-state index contributed by atoms with van der Waals surface area (Å²) in [6.07, 6.45) is -15.1. The second kappa shape index (κ2) is 9.15. The zero-order valence-corrected chi connectivity index (χ0v) is 12.2. The summed E-state index contributed by atoms with van der Waals surface area (Å²) in [4.78, 5) is 0. The molecule has 0 radical (unpaired) electrons. The van der Waals surface area contributed by atoms with Gasteiger partial charge < -0.3 is 55.4 Å². The molecule has 0 aliphatic carbocycles. The van der Waals surface area contributed by atoms with Crippen molar-refractivity contribution >= 4 is 0 Å². The van der Waals surface area contributed by atoms with Crippen molar-refractivity contribution < 1.29 is 55.4 Å². The van der Waals surface area contributed by atoms with Gasteiger partial charge in [0.05, 0.1) is 19.8 Å². The van der Waals surface area contributed by atoms with E-state index >= 15 is 0 Å². The smallest absolute Gasteiger partial charge is 0.187 e. The number of rotatable bonds is 8. The summed E-state index contributed by atoms with van der Waals surface area (Å²) in [7, 11) is 0. The zero-order valence-electron chi connectivity index (χ0n) is 12.2. The molecular formula is C12H24O11. The molecule has 0 aromatic carbocycles. The van der Waals surface area contributed by atoms with Gasteiger partial charge >= 0.3 is 0 Å². The lowest BCUT2D eigenvalue weighted by Crippen LogP contribution is -2.61. The maximum absolute atomic E-state index is 9.83. The standard InChI is InChI=1S/C12H24O11/c13-1-4(16)7(18)11(5(17)2-14)23-12-10(21)9(20)8(19)6(3-15)22-12/h4-21H,1-3H2/t4-,5+,6?,7+,8+,9+,10?,11+,12+/m0/s1. The molecule has 1 saturated heterocycles. The van der Waals surface area contributed by atoms with E-state index in [0.29, 0.717) is 0 Å². The maximum Gasteiger partial charge on any atom is 0.187 e. The summed E-state index contributed by atoms with van der Waals surface area (Å²) in [5.74, 6) is 0. The van der Waals surface area contributed by atoms with Crippen molar-refractivity contribution in [3.8, 4) is 0 Å². The molecule has 0 aromatic heterocycles. The summed E-state index contributed by atoms with van der Waals surface area (Å²) >= 11 is 0. The van der Waals surface area contributed by atoms with Gasteiger partial charge in [-0.25, -0.2) is 0 Å². The number of aliphatic hydroxyl groups is 9. The van der Waals surface area contributed by atoms with Gasteiger partial charge in [-0.05, 0) is 0 Å². The quantitative estimate of drug-likeness (QED) is 0.203. The van der Waals surface area contributed by atoms with Crippen LogP contribution in [-0.2, 0) is 9.47 Å². The Morgan fingerprint density at radius 1 is 0.826 bits per heavy atom. The van der Waals surface area contributed by atoms with Crippen LogP contribution in [0.5, 0.6) is 0 Å². The van der Waals surface area contributed by atoms with Crippen molar-refractivity contribution in [2.45, 2.75) is 55.1 Å². The summed E-state index contributed by atoms with van der Waals surface area (Å²) in [5, 5.41) is 84.9. The fourth-order valence-corrected chi connectivity index (χ4v) is 2.16. The monoisotopic (exact) mass is 344 g/mol. The van der Waals surface area contributed by atoms with Gasteiger partial charge in [-0.1, -0.05) is 0 Å². The first-order valence-electron chi connectivity index (χ1n) is 7.00. The highest BCUT2D eigenvalue weighted by molar-refractivity contribution is 4.91. The van der Waals surface area contributed by atoms with E-state index in [2.05, 4.69) is 0 Å². The fourth-order valence-electron chi connectivity index (χ4n) is 2.16. The molecule has 11 nitrogen and oxygen atoms in total. The molecule has 1 heterocycles. The maximum atomic E-state index is 9.83. The van der Waals surface area contributed by atoms with E-state index in [1.54, 1.807) is 0 Å². The predicted octanol–water partition coefficient (Wildman–Crippen LogP) is -5.76. The SMILES string of the molecule is OCC1O[C@H](O[C@@H]([C@H](O)[C@@H](O)CO)[C@H](O)CO)C(O)[C@H](O)[C@@H]1O. The molecule has 23 heavy (non-hydrogen) atoms. The molecule has 0 spiro atoms. The van der Waals surface area contributed by atoms with E-state index in [0.717, 1.165) is 0 Å². The number of ether oxygens (including phenoxy) is 2. The van der Waals surface area contributed by atoms with E-state index in [9.17, 15) is 30.6 Å². The molecular weight excluding hydrogens is 320 g/mol. The molecule has 0 saturated carbocycles. The largest absolute Gasteiger partial charge is 0.394 e. The molecule has 138 valence electrons. The van der Waals surface area contributed by atoms with Gasteiger partial charge in [-0.3, -0.25) is 0 Å². The highest BCUT2D eigenvalue weighted by Gasteiger charge is 2.46. The van der Waals surface area contributed by atoms with Gasteiger partial charge in [0, 0.05) is 0 Å². The minimum absolute atomic E-state index is 0.708. The highest BCUT2D eigenvalue weighted by atomic mass is 16.7. The van der Waals surface area contributed by atoms with Crippen LogP contribution < -0.4 is 0 Å². The average Bonchev–Trinajstić information content (AvgIpc) is 2.57. The molecule has 2 unspecified atom stereocenters. The van der Waals surface area contributed by atoms with Crippen molar-refractivity contribution in [2.75, 3.05) is 19.8 Å². The molecule has 1 rings (SSSR count). The summed E-state index contributed by atoms with van der Waals surface area (Å²) < 4.78 is 10.1. The predicted molar refractivity (Wildman–Crippen MR) is 70.8 cm³/mol. The third kappa shape index (κ3) is 4.78. The first-order valence-corrected chi connectivity index (χ1v) is 7.00. The van der Waals surface area contributed by atoms with E-state index in [-0.39, 0.29) is 0 Å². The first-order chi connectivity index (χ1) is 10.8. The van der Waals surface area contributed by atoms with E-state index in [1.807, 2.05) is 0 Å². The Morgan fingerprint density at radius 3 is 1.87 bits per heavy atom. The number of hydrogen-bond donors (Lipinski definition) is 9. The Labute approximate surface area is 131 Å². The Balaban J connectivity index is 2.89. The zero-order chi connectivity index (χ0) is 17.7. The summed E-state index contributed by atoms with van der Waals surface area (Å²) in [5.41, 5.74) is 0. The Bertz CT molecular complexity index is 341. The second-order valence-corrected chi connectivity index (χ2v) is 5.29. The van der Waals surface area contributed by atoms with Crippen LogP contribution in [0.3, 0.4) is 0 Å². The van der Waals surface area contributed by atoms with Crippen LogP contribution in [0, 0.1) is 0 Å². The van der Waals surface area contributed by atoms with Crippen molar-refractivity contribution in [2.24, 2.45) is 0 Å². The lowest BCUT2D eigenvalue weighted by molar-refractivity contribution is -0.327. The van der Waals surface area contributed by atoms with Gasteiger partial charge in [0.1, 0.15) is 48.8 Å². The van der Waals surface area contributed by atoms with Gasteiger partial charge in [0.15, 0.2) is 6.29 Å². The Hall–Kier alpha value is -0.440. The molecule has 9 atom stereocenters. The second-order valence-electron chi connectivity index (χ2n) is 5.29. The van der Waals surface area contributed by atoms with Crippen LogP contribution in [0.25, 0.3) is 0 Å². The van der Waals surface area contributed by atoms with Crippen molar-refractivity contribution in [1.82, 2.24) is 0 Å². The fraction of sp³-hybridized carbons (Fsp3) is 1.00. The molecule has 0 bridgehead atoms. The van der Waals surface area contributed by atoms with Crippen molar-refractivity contribution in [1.29, 1.82) is 0 Å². The molecule has 0 amide bonds. The molecule has 0 aromatic rings. The van der Waals surface area contributed by atoms with Crippen LogP contribution in [0.1, 0.15) is 0 Å².